The molecule has 0 atom stereocenters. The van der Waals surface area contributed by atoms with E-state index in [1.54, 1.807) is 21.3 Å². The van der Waals surface area contributed by atoms with E-state index >= 15 is 0 Å². The second-order valence-electron chi connectivity index (χ2n) is 6.79. The Hall–Kier alpha value is -1.22. The molecule has 6 nitrogen and oxygen atoms in total. The van der Waals surface area contributed by atoms with Gasteiger partial charge in [0.1, 0.15) is 0 Å². The minimum Gasteiger partial charge on any atom is -0.493 e. The normalized spacial score (nSPS) is 11.6. The molecule has 0 saturated heterocycles. The van der Waals surface area contributed by atoms with Gasteiger partial charge in [0.05, 0.1) is 14.2 Å². The van der Waals surface area contributed by atoms with Crippen LogP contribution in [0.15, 0.2) is 23.2 Å². The molecule has 0 spiro atoms. The van der Waals surface area contributed by atoms with Crippen LogP contribution in [0.4, 0.5) is 0 Å². The Morgan fingerprint density at radius 1 is 1.00 bits per heavy atom. The van der Waals surface area contributed by atoms with Crippen LogP contribution in [0.2, 0.25) is 0 Å². The summed E-state index contributed by atoms with van der Waals surface area (Å²) in [6.07, 6.45) is 0.880. The number of aliphatic imine (C=N–C) groups is 1. The quantitative estimate of drug-likeness (QED) is 0.299. The highest BCUT2D eigenvalue weighted by Crippen LogP contribution is 2.27. The van der Waals surface area contributed by atoms with Crippen molar-refractivity contribution in [3.8, 4) is 11.5 Å². The Labute approximate surface area is 182 Å². The van der Waals surface area contributed by atoms with Gasteiger partial charge in [0.2, 0.25) is 0 Å². The van der Waals surface area contributed by atoms with Crippen LogP contribution in [0.25, 0.3) is 0 Å². The Bertz CT molecular complexity index is 557. The summed E-state index contributed by atoms with van der Waals surface area (Å²) in [5.41, 5.74) is 1.19. The zero-order valence-electron chi connectivity index (χ0n) is 17.8. The van der Waals surface area contributed by atoms with E-state index in [0.29, 0.717) is 12.1 Å². The molecule has 0 aliphatic heterocycles. The molecule has 2 N–H and O–H groups in total. The number of nitrogens with zero attached hydrogens (tertiary/aromatic N) is 2. The summed E-state index contributed by atoms with van der Waals surface area (Å²) < 4.78 is 10.6. The van der Waals surface area contributed by atoms with E-state index in [2.05, 4.69) is 54.3 Å². The van der Waals surface area contributed by atoms with Crippen LogP contribution in [-0.4, -0.2) is 63.8 Å². The largest absolute Gasteiger partial charge is 0.493 e. The standard InChI is InChI=1S/C20H36N4O2.HI/c1-15(2)24(16(3)4)13-12-23-20(21-5)22-11-10-17-8-9-18(25-6)19(14-17)26-7;/h8-9,14-16H,10-13H2,1-7H3,(H2,21,22,23);1H. The van der Waals surface area contributed by atoms with Gasteiger partial charge in [0, 0.05) is 38.8 Å². The maximum Gasteiger partial charge on any atom is 0.191 e. The zero-order valence-corrected chi connectivity index (χ0v) is 20.2. The molecule has 0 aromatic heterocycles. The molecule has 0 saturated carbocycles. The molecule has 1 aromatic rings. The van der Waals surface area contributed by atoms with Gasteiger partial charge in [-0.15, -0.1) is 24.0 Å². The number of hydrogen-bond donors (Lipinski definition) is 2. The van der Waals surface area contributed by atoms with E-state index in [4.69, 9.17) is 9.47 Å². The average Bonchev–Trinajstić information content (AvgIpc) is 2.62. The van der Waals surface area contributed by atoms with Crippen molar-refractivity contribution in [2.24, 2.45) is 4.99 Å². The first-order chi connectivity index (χ1) is 12.4. The Morgan fingerprint density at radius 3 is 2.11 bits per heavy atom. The van der Waals surface area contributed by atoms with Crippen LogP contribution >= 0.6 is 24.0 Å². The predicted octanol–water partition coefficient (Wildman–Crippen LogP) is 3.15. The van der Waals surface area contributed by atoms with Crippen molar-refractivity contribution >= 4 is 29.9 Å². The van der Waals surface area contributed by atoms with Gasteiger partial charge >= 0.3 is 0 Å². The molecule has 0 fully saturated rings. The highest BCUT2D eigenvalue weighted by Gasteiger charge is 2.12. The number of methoxy groups -OCH3 is 2. The Morgan fingerprint density at radius 2 is 1.59 bits per heavy atom. The fourth-order valence-electron chi connectivity index (χ4n) is 3.00. The van der Waals surface area contributed by atoms with E-state index in [1.165, 1.54) is 5.56 Å². The van der Waals surface area contributed by atoms with E-state index in [-0.39, 0.29) is 24.0 Å². The van der Waals surface area contributed by atoms with Crippen molar-refractivity contribution in [3.05, 3.63) is 23.8 Å². The molecule has 0 aliphatic rings. The third-order valence-electron chi connectivity index (χ3n) is 4.37. The second-order valence-corrected chi connectivity index (χ2v) is 6.79. The summed E-state index contributed by atoms with van der Waals surface area (Å²) in [4.78, 5) is 6.76. The summed E-state index contributed by atoms with van der Waals surface area (Å²) in [6.45, 7) is 11.6. The fraction of sp³-hybridized carbons (Fsp3) is 0.650. The molecule has 1 aromatic carbocycles. The third kappa shape index (κ3) is 9.01. The number of nitrogens with one attached hydrogen (secondary N) is 2. The molecule has 0 heterocycles. The summed E-state index contributed by atoms with van der Waals surface area (Å²) in [5, 5.41) is 6.75. The molecule has 1 rings (SSSR count). The summed E-state index contributed by atoms with van der Waals surface area (Å²) in [6, 6.07) is 7.09. The van der Waals surface area contributed by atoms with Gasteiger partial charge in [-0.05, 0) is 51.8 Å². The first kappa shape index (κ1) is 25.8. The summed E-state index contributed by atoms with van der Waals surface area (Å²) >= 11 is 0. The lowest BCUT2D eigenvalue weighted by Crippen LogP contribution is -2.45. The van der Waals surface area contributed by atoms with Crippen LogP contribution in [0, 0.1) is 0 Å². The van der Waals surface area contributed by atoms with Crippen LogP contribution < -0.4 is 20.1 Å². The lowest BCUT2D eigenvalue weighted by Gasteiger charge is -2.30. The first-order valence-electron chi connectivity index (χ1n) is 9.34. The molecule has 0 bridgehead atoms. The molecular formula is C20H37IN4O2. The van der Waals surface area contributed by atoms with Crippen LogP contribution in [0.5, 0.6) is 11.5 Å². The van der Waals surface area contributed by atoms with E-state index < -0.39 is 0 Å². The zero-order chi connectivity index (χ0) is 19.5. The van der Waals surface area contributed by atoms with Gasteiger partial charge in [0.25, 0.3) is 0 Å². The first-order valence-corrected chi connectivity index (χ1v) is 9.34. The van der Waals surface area contributed by atoms with Gasteiger partial charge in [-0.1, -0.05) is 6.07 Å². The number of rotatable bonds is 10. The van der Waals surface area contributed by atoms with Crippen molar-refractivity contribution < 1.29 is 9.47 Å². The molecule has 7 heteroatoms. The Kier molecular flexibility index (Phi) is 13.2. The van der Waals surface area contributed by atoms with Gasteiger partial charge in [-0.3, -0.25) is 9.89 Å². The van der Waals surface area contributed by atoms with Crippen LogP contribution in [-0.2, 0) is 6.42 Å². The van der Waals surface area contributed by atoms with Crippen molar-refractivity contribution in [1.29, 1.82) is 0 Å². The lowest BCUT2D eigenvalue weighted by atomic mass is 10.1. The molecule has 0 radical (unpaired) electrons. The van der Waals surface area contributed by atoms with Gasteiger partial charge < -0.3 is 20.1 Å². The number of benzene rings is 1. The number of ether oxygens (including phenoxy) is 2. The van der Waals surface area contributed by atoms with Crippen LogP contribution in [0.1, 0.15) is 33.3 Å². The van der Waals surface area contributed by atoms with Gasteiger partial charge in [-0.2, -0.15) is 0 Å². The van der Waals surface area contributed by atoms with Crippen molar-refractivity contribution in [2.45, 2.75) is 46.2 Å². The molecular weight excluding hydrogens is 455 g/mol. The van der Waals surface area contributed by atoms with E-state index in [0.717, 1.165) is 43.5 Å². The fourth-order valence-corrected chi connectivity index (χ4v) is 3.00. The number of guanidine groups is 1. The molecule has 0 amide bonds. The average molecular weight is 492 g/mol. The number of hydrogen-bond acceptors (Lipinski definition) is 4. The topological polar surface area (TPSA) is 58.1 Å². The Balaban J connectivity index is 0.00000676. The lowest BCUT2D eigenvalue weighted by molar-refractivity contribution is 0.178. The van der Waals surface area contributed by atoms with Gasteiger partial charge in [-0.25, -0.2) is 0 Å². The van der Waals surface area contributed by atoms with Crippen molar-refractivity contribution in [2.75, 3.05) is 40.9 Å². The highest BCUT2D eigenvalue weighted by atomic mass is 127. The smallest absolute Gasteiger partial charge is 0.191 e. The molecule has 27 heavy (non-hydrogen) atoms. The van der Waals surface area contributed by atoms with Crippen LogP contribution in [0.3, 0.4) is 0 Å². The van der Waals surface area contributed by atoms with E-state index in [9.17, 15) is 0 Å². The molecule has 156 valence electrons. The summed E-state index contributed by atoms with van der Waals surface area (Å²) in [7, 11) is 5.10. The van der Waals surface area contributed by atoms with Crippen molar-refractivity contribution in [1.82, 2.24) is 15.5 Å². The molecule has 0 unspecified atom stereocenters. The molecule has 0 aliphatic carbocycles. The summed E-state index contributed by atoms with van der Waals surface area (Å²) in [5.74, 6) is 2.34. The van der Waals surface area contributed by atoms with E-state index in [1.807, 2.05) is 12.1 Å². The highest BCUT2D eigenvalue weighted by molar-refractivity contribution is 14.0. The monoisotopic (exact) mass is 492 g/mol. The third-order valence-corrected chi connectivity index (χ3v) is 4.37. The SMILES string of the molecule is CN=C(NCCc1ccc(OC)c(OC)c1)NCCN(C(C)C)C(C)C.I. The van der Waals surface area contributed by atoms with Crippen molar-refractivity contribution in [3.63, 3.8) is 0 Å². The second kappa shape index (κ2) is 13.9. The maximum atomic E-state index is 5.35. The van der Waals surface area contributed by atoms with Gasteiger partial charge in [0.15, 0.2) is 17.5 Å². The minimum absolute atomic E-state index is 0. The minimum atomic E-state index is 0. The number of halogens is 1. The maximum absolute atomic E-state index is 5.35. The predicted molar refractivity (Wildman–Crippen MR) is 125 cm³/mol.